The zero-order valence-electron chi connectivity index (χ0n) is 11.9. The maximum Gasteiger partial charge on any atom is 0.376 e. The summed E-state index contributed by atoms with van der Waals surface area (Å²) in [5.74, 6) is -0.436. The summed E-state index contributed by atoms with van der Waals surface area (Å²) < 4.78 is 10.3. The van der Waals surface area contributed by atoms with E-state index in [-0.39, 0.29) is 23.9 Å². The molecule has 0 radical (unpaired) electrons. The Morgan fingerprint density at radius 1 is 1.38 bits per heavy atom. The van der Waals surface area contributed by atoms with Crippen molar-refractivity contribution in [3.8, 4) is 11.5 Å². The lowest BCUT2D eigenvalue weighted by molar-refractivity contribution is -0.384. The Morgan fingerprint density at radius 3 is 2.71 bits per heavy atom. The Labute approximate surface area is 120 Å². The monoisotopic (exact) mass is 290 g/mol. The molecule has 0 saturated carbocycles. The Hall–Kier alpha value is -2.70. The fraction of sp³-hybridized carbons (Fsp3) is 0.286. The van der Waals surface area contributed by atoms with Gasteiger partial charge in [0.15, 0.2) is 0 Å². The van der Waals surface area contributed by atoms with Gasteiger partial charge in [-0.2, -0.15) is 0 Å². The fourth-order valence-electron chi connectivity index (χ4n) is 1.90. The maximum absolute atomic E-state index is 11.7. The molecule has 0 aliphatic carbocycles. The van der Waals surface area contributed by atoms with E-state index in [0.717, 1.165) is 0 Å². The fourth-order valence-corrected chi connectivity index (χ4v) is 1.90. The number of oxazole rings is 1. The SMILES string of the molecule is CCOC(=O)c1oc(-c2cc(C)cc([N+](=O)[O-])c2)nc1C. The van der Waals surface area contributed by atoms with Gasteiger partial charge in [0, 0.05) is 17.7 Å². The van der Waals surface area contributed by atoms with Crippen LogP contribution < -0.4 is 0 Å². The maximum atomic E-state index is 11.7. The summed E-state index contributed by atoms with van der Waals surface area (Å²) in [6, 6.07) is 4.51. The molecule has 0 spiro atoms. The molecule has 0 aliphatic heterocycles. The normalized spacial score (nSPS) is 10.4. The van der Waals surface area contributed by atoms with Gasteiger partial charge in [0.05, 0.1) is 17.2 Å². The zero-order chi connectivity index (χ0) is 15.6. The van der Waals surface area contributed by atoms with E-state index in [1.807, 2.05) is 0 Å². The summed E-state index contributed by atoms with van der Waals surface area (Å²) in [5.41, 5.74) is 1.47. The first-order chi connectivity index (χ1) is 9.92. The van der Waals surface area contributed by atoms with Crippen LogP contribution in [0.2, 0.25) is 0 Å². The Morgan fingerprint density at radius 2 is 2.10 bits per heavy atom. The van der Waals surface area contributed by atoms with Crippen molar-refractivity contribution in [2.45, 2.75) is 20.8 Å². The van der Waals surface area contributed by atoms with Gasteiger partial charge in [-0.3, -0.25) is 10.1 Å². The van der Waals surface area contributed by atoms with E-state index in [4.69, 9.17) is 9.15 Å². The largest absolute Gasteiger partial charge is 0.460 e. The third-order valence-corrected chi connectivity index (χ3v) is 2.78. The Bertz CT molecular complexity index is 705. The molecule has 0 fully saturated rings. The van der Waals surface area contributed by atoms with Gasteiger partial charge in [-0.15, -0.1) is 0 Å². The van der Waals surface area contributed by atoms with Crippen LogP contribution in [0.1, 0.15) is 28.7 Å². The van der Waals surface area contributed by atoms with Crippen molar-refractivity contribution in [1.82, 2.24) is 4.98 Å². The van der Waals surface area contributed by atoms with E-state index in [2.05, 4.69) is 4.98 Å². The number of nitro groups is 1. The van der Waals surface area contributed by atoms with Crippen LogP contribution >= 0.6 is 0 Å². The minimum Gasteiger partial charge on any atom is -0.460 e. The van der Waals surface area contributed by atoms with Gasteiger partial charge in [-0.25, -0.2) is 9.78 Å². The van der Waals surface area contributed by atoms with Crippen LogP contribution in [0.15, 0.2) is 22.6 Å². The average molecular weight is 290 g/mol. The summed E-state index contributed by atoms with van der Waals surface area (Å²) in [4.78, 5) is 26.2. The number of non-ortho nitro benzene ring substituents is 1. The highest BCUT2D eigenvalue weighted by atomic mass is 16.6. The minimum atomic E-state index is -0.601. The molecule has 7 heteroatoms. The van der Waals surface area contributed by atoms with Crippen molar-refractivity contribution < 1.29 is 18.9 Å². The molecule has 1 aromatic carbocycles. The molecule has 0 bridgehead atoms. The highest BCUT2D eigenvalue weighted by Crippen LogP contribution is 2.27. The number of aryl methyl sites for hydroxylation is 2. The molecule has 0 atom stereocenters. The second-order valence-corrected chi connectivity index (χ2v) is 4.47. The van der Waals surface area contributed by atoms with Crippen molar-refractivity contribution in [3.05, 3.63) is 45.3 Å². The standard InChI is InChI=1S/C14H14N2O5/c1-4-20-14(17)12-9(3)15-13(21-12)10-5-8(2)6-11(7-10)16(18)19/h5-7H,4H2,1-3H3. The van der Waals surface area contributed by atoms with Crippen LogP contribution in [0.3, 0.4) is 0 Å². The van der Waals surface area contributed by atoms with Crippen LogP contribution in [-0.2, 0) is 4.74 Å². The predicted molar refractivity (Wildman–Crippen MR) is 74.0 cm³/mol. The molecule has 7 nitrogen and oxygen atoms in total. The van der Waals surface area contributed by atoms with Crippen LogP contribution in [0.4, 0.5) is 5.69 Å². The molecular formula is C14H14N2O5. The van der Waals surface area contributed by atoms with Crippen LogP contribution in [0, 0.1) is 24.0 Å². The van der Waals surface area contributed by atoms with E-state index >= 15 is 0 Å². The molecule has 0 aliphatic rings. The topological polar surface area (TPSA) is 95.5 Å². The highest BCUT2D eigenvalue weighted by molar-refractivity contribution is 5.88. The van der Waals surface area contributed by atoms with Crippen molar-refractivity contribution in [1.29, 1.82) is 0 Å². The summed E-state index contributed by atoms with van der Waals surface area (Å²) in [6.07, 6.45) is 0. The highest BCUT2D eigenvalue weighted by Gasteiger charge is 2.20. The lowest BCUT2D eigenvalue weighted by Crippen LogP contribution is -2.04. The number of hydrogen-bond donors (Lipinski definition) is 0. The number of carbonyl (C=O) groups is 1. The number of nitro benzene ring substituents is 1. The molecule has 0 saturated heterocycles. The number of carbonyl (C=O) groups excluding carboxylic acids is 1. The average Bonchev–Trinajstić information content (AvgIpc) is 2.80. The number of benzene rings is 1. The second kappa shape index (κ2) is 5.74. The molecule has 0 unspecified atom stereocenters. The van der Waals surface area contributed by atoms with Crippen molar-refractivity contribution in [3.63, 3.8) is 0 Å². The number of esters is 1. The van der Waals surface area contributed by atoms with Crippen LogP contribution in [-0.4, -0.2) is 22.5 Å². The third-order valence-electron chi connectivity index (χ3n) is 2.78. The van der Waals surface area contributed by atoms with E-state index in [0.29, 0.717) is 16.8 Å². The molecule has 0 amide bonds. The zero-order valence-corrected chi connectivity index (χ0v) is 11.9. The Kier molecular flexibility index (Phi) is 4.02. The lowest BCUT2D eigenvalue weighted by Gasteiger charge is -1.99. The molecule has 0 N–H and O–H groups in total. The number of aromatic nitrogens is 1. The number of ether oxygens (including phenoxy) is 1. The smallest absolute Gasteiger partial charge is 0.376 e. The molecule has 2 aromatic rings. The van der Waals surface area contributed by atoms with Gasteiger partial charge >= 0.3 is 5.97 Å². The second-order valence-electron chi connectivity index (χ2n) is 4.47. The minimum absolute atomic E-state index is 0.0102. The van der Waals surface area contributed by atoms with Crippen LogP contribution in [0.25, 0.3) is 11.5 Å². The summed E-state index contributed by atoms with van der Waals surface area (Å²) in [6.45, 7) is 5.26. The van der Waals surface area contributed by atoms with Gasteiger partial charge in [0.1, 0.15) is 0 Å². The lowest BCUT2D eigenvalue weighted by atomic mass is 10.1. The van der Waals surface area contributed by atoms with E-state index in [1.165, 1.54) is 12.1 Å². The van der Waals surface area contributed by atoms with Gasteiger partial charge in [-0.1, -0.05) is 0 Å². The summed E-state index contributed by atoms with van der Waals surface area (Å²) in [7, 11) is 0. The number of rotatable bonds is 4. The number of hydrogen-bond acceptors (Lipinski definition) is 6. The van der Waals surface area contributed by atoms with Crippen LogP contribution in [0.5, 0.6) is 0 Å². The molecule has 1 heterocycles. The van der Waals surface area contributed by atoms with Crippen molar-refractivity contribution >= 4 is 11.7 Å². The van der Waals surface area contributed by atoms with Gasteiger partial charge in [0.25, 0.3) is 5.69 Å². The van der Waals surface area contributed by atoms with Gasteiger partial charge < -0.3 is 9.15 Å². The molecule has 2 rings (SSSR count). The quantitative estimate of drug-likeness (QED) is 0.488. The first-order valence-electron chi connectivity index (χ1n) is 6.33. The first kappa shape index (κ1) is 14.7. The van der Waals surface area contributed by atoms with Crippen molar-refractivity contribution in [2.75, 3.05) is 6.61 Å². The molecular weight excluding hydrogens is 276 g/mol. The third kappa shape index (κ3) is 3.07. The summed E-state index contributed by atoms with van der Waals surface area (Å²) >= 11 is 0. The van der Waals surface area contributed by atoms with E-state index in [9.17, 15) is 14.9 Å². The molecule has 1 aromatic heterocycles. The predicted octanol–water partition coefficient (Wildman–Crippen LogP) is 3.04. The first-order valence-corrected chi connectivity index (χ1v) is 6.33. The Balaban J connectivity index is 2.46. The van der Waals surface area contributed by atoms with E-state index in [1.54, 1.807) is 26.8 Å². The number of nitrogens with zero attached hydrogens (tertiary/aromatic N) is 2. The van der Waals surface area contributed by atoms with Gasteiger partial charge in [-0.05, 0) is 32.4 Å². The molecule has 110 valence electrons. The van der Waals surface area contributed by atoms with Crippen molar-refractivity contribution in [2.24, 2.45) is 0 Å². The molecule has 21 heavy (non-hydrogen) atoms. The summed E-state index contributed by atoms with van der Waals surface area (Å²) in [5, 5.41) is 10.9. The van der Waals surface area contributed by atoms with Gasteiger partial charge in [0.2, 0.25) is 11.7 Å². The van der Waals surface area contributed by atoms with E-state index < -0.39 is 10.9 Å².